The molecule has 0 bridgehead atoms. The Morgan fingerprint density at radius 2 is 1.61 bits per heavy atom. The second-order valence-corrected chi connectivity index (χ2v) is 8.11. The minimum absolute atomic E-state index is 0.121. The van der Waals surface area contributed by atoms with E-state index in [9.17, 15) is 5.11 Å². The van der Waals surface area contributed by atoms with Gasteiger partial charge in [0.2, 0.25) is 5.89 Å². The number of phenols is 1. The number of phenolic OH excluding ortho intramolecular Hbond substituents is 1. The zero-order valence-electron chi connectivity index (χ0n) is 17.4. The lowest BCUT2D eigenvalue weighted by molar-refractivity contribution is 0.118. The highest BCUT2D eigenvalue weighted by atomic mass is 16.4. The number of aromatic hydroxyl groups is 1. The third-order valence-electron chi connectivity index (χ3n) is 5.92. The van der Waals surface area contributed by atoms with Crippen LogP contribution in [0.1, 0.15) is 36.8 Å². The van der Waals surface area contributed by atoms with Crippen LogP contribution in [0.25, 0.3) is 22.6 Å². The molecule has 3 aromatic carbocycles. The summed E-state index contributed by atoms with van der Waals surface area (Å²) < 4.78 is 6.48. The van der Waals surface area contributed by atoms with Gasteiger partial charge in [0.25, 0.3) is 0 Å². The predicted molar refractivity (Wildman–Crippen MR) is 122 cm³/mol. The van der Waals surface area contributed by atoms with Gasteiger partial charge in [-0.15, -0.1) is 0 Å². The molecule has 4 nitrogen and oxygen atoms in total. The molecule has 0 amide bonds. The quantitative estimate of drug-likeness (QED) is 0.411. The van der Waals surface area contributed by atoms with Crippen molar-refractivity contribution < 1.29 is 9.52 Å². The van der Waals surface area contributed by atoms with Gasteiger partial charge < -0.3 is 9.52 Å². The molecule has 1 atom stereocenters. The minimum atomic E-state index is 0.121. The third-order valence-corrected chi connectivity index (χ3v) is 5.92. The van der Waals surface area contributed by atoms with Crippen LogP contribution in [0.4, 0.5) is 0 Å². The Morgan fingerprint density at radius 3 is 2.35 bits per heavy atom. The van der Waals surface area contributed by atoms with Gasteiger partial charge >= 0.3 is 0 Å². The molecule has 0 saturated carbocycles. The molecule has 1 unspecified atom stereocenters. The Kier molecular flexibility index (Phi) is 5.55. The van der Waals surface area contributed by atoms with Crippen molar-refractivity contribution in [2.24, 2.45) is 0 Å². The molecule has 0 spiro atoms. The van der Waals surface area contributed by atoms with Crippen molar-refractivity contribution >= 4 is 0 Å². The van der Waals surface area contributed by atoms with Crippen LogP contribution in [-0.2, 0) is 6.54 Å². The lowest BCUT2D eigenvalue weighted by Crippen LogP contribution is -2.33. The maximum atomic E-state index is 9.87. The topological polar surface area (TPSA) is 49.5 Å². The maximum Gasteiger partial charge on any atom is 0.212 e. The first-order chi connectivity index (χ1) is 15.3. The van der Waals surface area contributed by atoms with Crippen molar-refractivity contribution in [2.75, 3.05) is 6.54 Å². The molecule has 1 saturated heterocycles. The summed E-state index contributed by atoms with van der Waals surface area (Å²) in [6, 6.07) is 28.1. The number of hydrogen-bond donors (Lipinski definition) is 1. The monoisotopic (exact) mass is 410 g/mol. The van der Waals surface area contributed by atoms with Crippen LogP contribution in [-0.4, -0.2) is 21.5 Å². The molecule has 5 rings (SSSR count). The van der Waals surface area contributed by atoms with Crippen molar-refractivity contribution in [2.45, 2.75) is 31.8 Å². The highest BCUT2D eigenvalue weighted by Gasteiger charge is 2.30. The van der Waals surface area contributed by atoms with Crippen molar-refractivity contribution in [3.8, 4) is 28.3 Å². The highest BCUT2D eigenvalue weighted by Crippen LogP contribution is 2.38. The van der Waals surface area contributed by atoms with Crippen LogP contribution in [0, 0.1) is 0 Å². The van der Waals surface area contributed by atoms with Gasteiger partial charge in [0.1, 0.15) is 11.4 Å². The molecule has 31 heavy (non-hydrogen) atoms. The van der Waals surface area contributed by atoms with E-state index in [4.69, 9.17) is 9.40 Å². The SMILES string of the molecule is Oc1cccc(CN2CCCCC2c2nc(-c3ccccc3)c(-c3ccccc3)o2)c1. The molecule has 1 fully saturated rings. The molecule has 4 aromatic rings. The van der Waals surface area contributed by atoms with Gasteiger partial charge in [-0.25, -0.2) is 4.98 Å². The first kappa shape index (κ1) is 19.6. The van der Waals surface area contributed by atoms with E-state index in [1.165, 1.54) is 0 Å². The van der Waals surface area contributed by atoms with E-state index >= 15 is 0 Å². The van der Waals surface area contributed by atoms with Crippen LogP contribution in [0.3, 0.4) is 0 Å². The number of nitrogens with zero attached hydrogens (tertiary/aromatic N) is 2. The Labute approximate surface area is 182 Å². The first-order valence-corrected chi connectivity index (χ1v) is 10.9. The molecule has 1 N–H and O–H groups in total. The van der Waals surface area contributed by atoms with Gasteiger partial charge in [-0.3, -0.25) is 4.90 Å². The summed E-state index contributed by atoms with van der Waals surface area (Å²) in [7, 11) is 0. The van der Waals surface area contributed by atoms with Gasteiger partial charge in [-0.05, 0) is 37.1 Å². The molecule has 0 radical (unpaired) electrons. The maximum absolute atomic E-state index is 9.87. The van der Waals surface area contributed by atoms with E-state index in [1.807, 2.05) is 48.5 Å². The number of benzene rings is 3. The number of rotatable bonds is 5. The lowest BCUT2D eigenvalue weighted by Gasteiger charge is -2.33. The molecular formula is C27H26N2O2. The summed E-state index contributed by atoms with van der Waals surface area (Å²) in [4.78, 5) is 7.46. The van der Waals surface area contributed by atoms with E-state index < -0.39 is 0 Å². The molecule has 1 aliphatic rings. The van der Waals surface area contributed by atoms with Gasteiger partial charge in [0, 0.05) is 17.7 Å². The smallest absolute Gasteiger partial charge is 0.212 e. The predicted octanol–water partition coefficient (Wildman–Crippen LogP) is 6.44. The zero-order valence-corrected chi connectivity index (χ0v) is 17.4. The van der Waals surface area contributed by atoms with E-state index in [1.54, 1.807) is 6.07 Å². The van der Waals surface area contributed by atoms with Crippen molar-refractivity contribution in [1.82, 2.24) is 9.88 Å². The molecule has 0 aliphatic carbocycles. The van der Waals surface area contributed by atoms with Gasteiger partial charge in [-0.2, -0.15) is 0 Å². The Bertz CT molecular complexity index is 1080. The summed E-state index contributed by atoms with van der Waals surface area (Å²) in [6.45, 7) is 1.76. The second-order valence-electron chi connectivity index (χ2n) is 8.11. The fourth-order valence-electron chi connectivity index (χ4n) is 4.41. The first-order valence-electron chi connectivity index (χ1n) is 10.9. The number of hydrogen-bond acceptors (Lipinski definition) is 4. The van der Waals surface area contributed by atoms with E-state index in [2.05, 4.69) is 35.2 Å². The molecule has 1 aromatic heterocycles. The largest absolute Gasteiger partial charge is 0.508 e. The Balaban J connectivity index is 1.53. The molecule has 1 aliphatic heterocycles. The Morgan fingerprint density at radius 1 is 0.871 bits per heavy atom. The summed E-state index contributed by atoms with van der Waals surface area (Å²) in [6.07, 6.45) is 3.33. The molecule has 4 heteroatoms. The van der Waals surface area contributed by atoms with E-state index in [0.717, 1.165) is 66.4 Å². The van der Waals surface area contributed by atoms with Crippen molar-refractivity contribution in [1.29, 1.82) is 0 Å². The number of oxazole rings is 1. The van der Waals surface area contributed by atoms with E-state index in [-0.39, 0.29) is 6.04 Å². The van der Waals surface area contributed by atoms with E-state index in [0.29, 0.717) is 5.75 Å². The van der Waals surface area contributed by atoms with Crippen LogP contribution in [0.2, 0.25) is 0 Å². The molecule has 2 heterocycles. The zero-order chi connectivity index (χ0) is 21.0. The molecular weight excluding hydrogens is 384 g/mol. The van der Waals surface area contributed by atoms with Crippen LogP contribution >= 0.6 is 0 Å². The van der Waals surface area contributed by atoms with Gasteiger partial charge in [-0.1, -0.05) is 79.2 Å². The van der Waals surface area contributed by atoms with Gasteiger partial charge in [0.15, 0.2) is 5.76 Å². The fraction of sp³-hybridized carbons (Fsp3) is 0.222. The fourth-order valence-corrected chi connectivity index (χ4v) is 4.41. The number of piperidine rings is 1. The summed E-state index contributed by atoms with van der Waals surface area (Å²) >= 11 is 0. The summed E-state index contributed by atoms with van der Waals surface area (Å²) in [5.41, 5.74) is 4.09. The summed E-state index contributed by atoms with van der Waals surface area (Å²) in [5.74, 6) is 1.90. The second kappa shape index (κ2) is 8.78. The lowest BCUT2D eigenvalue weighted by atomic mass is 10.0. The van der Waals surface area contributed by atoms with Crippen LogP contribution < -0.4 is 0 Å². The van der Waals surface area contributed by atoms with Crippen LogP contribution in [0.15, 0.2) is 89.3 Å². The highest BCUT2D eigenvalue weighted by molar-refractivity contribution is 5.76. The number of likely N-dealkylation sites (tertiary alicyclic amines) is 1. The Hall–Kier alpha value is -3.37. The van der Waals surface area contributed by atoms with Crippen molar-refractivity contribution in [3.05, 3.63) is 96.4 Å². The standard InChI is InChI=1S/C27H26N2O2/c30-23-15-9-10-20(18-23)19-29-17-8-7-16-24(29)27-28-25(21-11-3-1-4-12-21)26(31-27)22-13-5-2-6-14-22/h1-6,9-15,18,24,30H,7-8,16-17,19H2. The average molecular weight is 411 g/mol. The molecule has 156 valence electrons. The summed E-state index contributed by atoms with van der Waals surface area (Å²) in [5, 5.41) is 9.87. The number of aromatic nitrogens is 1. The van der Waals surface area contributed by atoms with Crippen molar-refractivity contribution in [3.63, 3.8) is 0 Å². The van der Waals surface area contributed by atoms with Crippen LogP contribution in [0.5, 0.6) is 5.75 Å². The minimum Gasteiger partial charge on any atom is -0.508 e. The normalized spacial score (nSPS) is 17.0. The average Bonchev–Trinajstić information content (AvgIpc) is 3.26. The van der Waals surface area contributed by atoms with Gasteiger partial charge in [0.05, 0.1) is 6.04 Å². The third kappa shape index (κ3) is 4.25.